The molecule has 2 aromatic carbocycles. The average Bonchev–Trinajstić information content (AvgIpc) is 3.79. The molecule has 0 spiro atoms. The van der Waals surface area contributed by atoms with Crippen LogP contribution in [0.1, 0.15) is 61.6 Å². The predicted octanol–water partition coefficient (Wildman–Crippen LogP) is 10.0. The number of halogens is 2. The molecule has 0 fully saturated rings. The molecule has 2 atom stereocenters. The number of carbonyl (C=O) groups excluding carboxylic acids is 1. The summed E-state index contributed by atoms with van der Waals surface area (Å²) in [4.78, 5) is 25.2. The van der Waals surface area contributed by atoms with Gasteiger partial charge in [0, 0.05) is 37.1 Å². The summed E-state index contributed by atoms with van der Waals surface area (Å²) in [7, 11) is -1.30. The van der Waals surface area contributed by atoms with Crippen LogP contribution in [0.5, 0.6) is 23.1 Å². The van der Waals surface area contributed by atoms with Gasteiger partial charge in [0.15, 0.2) is 18.6 Å². The molecule has 7 rings (SSSR count). The number of nitrogens with zero attached hydrogens (tertiary/aromatic N) is 2. The van der Waals surface area contributed by atoms with Gasteiger partial charge in [-0.25, -0.2) is 14.8 Å². The molecule has 3 aliphatic rings. The van der Waals surface area contributed by atoms with Crippen LogP contribution in [-0.2, 0) is 20.7 Å². The second-order valence-electron chi connectivity index (χ2n) is 16.2. The Morgan fingerprint density at radius 1 is 1.07 bits per heavy atom. The SMILES string of the molecule is Cc1c(Cl)c2c(Cl)c(C)c1-c1c(C3=CCCC3)sc3ncnc(c13)O[C@@H](C(=O)OC(C)(C)C)Cc1cc(ccc1OCOCC[Si](C)(C)C)OC[C@@H](CO)O2. The maximum Gasteiger partial charge on any atom is 0.348 e. The zero-order valence-electron chi connectivity index (χ0n) is 32.8. The number of allylic oxidation sites excluding steroid dienone is 2. The molecule has 0 saturated heterocycles. The van der Waals surface area contributed by atoms with Crippen molar-refractivity contribution in [1.29, 1.82) is 0 Å². The molecule has 1 N–H and O–H groups in total. The van der Waals surface area contributed by atoms with Gasteiger partial charge in [-0.3, -0.25) is 0 Å². The first-order valence-corrected chi connectivity index (χ1v) is 23.9. The van der Waals surface area contributed by atoms with Crippen molar-refractivity contribution in [2.45, 2.75) is 104 Å². The lowest BCUT2D eigenvalue weighted by atomic mass is 9.91. The fourth-order valence-corrected chi connectivity index (χ4v) is 9.08. The van der Waals surface area contributed by atoms with Crippen molar-refractivity contribution in [1.82, 2.24) is 9.97 Å². The quantitative estimate of drug-likeness (QED) is 0.0756. The van der Waals surface area contributed by atoms with Crippen LogP contribution in [0.15, 0.2) is 30.6 Å². The normalized spacial score (nSPS) is 17.6. The van der Waals surface area contributed by atoms with Crippen LogP contribution < -0.4 is 18.9 Å². The number of ether oxygens (including phenoxy) is 6. The molecule has 14 heteroatoms. The minimum atomic E-state index is -1.30. The van der Waals surface area contributed by atoms with Gasteiger partial charge in [0.1, 0.15) is 34.9 Å². The van der Waals surface area contributed by atoms with Crippen LogP contribution in [-0.4, -0.2) is 73.5 Å². The fourth-order valence-electron chi connectivity index (χ4n) is 6.60. The largest absolute Gasteiger partial charge is 0.490 e. The molecule has 1 aliphatic carbocycles. The minimum Gasteiger partial charge on any atom is -0.490 e. The third-order valence-corrected chi connectivity index (χ3v) is 13.2. The van der Waals surface area contributed by atoms with Crippen molar-refractivity contribution in [3.05, 3.63) is 62.2 Å². The van der Waals surface area contributed by atoms with E-state index in [2.05, 4.69) is 30.7 Å². The second-order valence-corrected chi connectivity index (χ2v) is 23.6. The number of esters is 1. The lowest BCUT2D eigenvalue weighted by molar-refractivity contribution is -0.163. The van der Waals surface area contributed by atoms with Crippen molar-refractivity contribution in [2.24, 2.45) is 0 Å². The van der Waals surface area contributed by atoms with Gasteiger partial charge in [-0.15, -0.1) is 11.3 Å². The first kappa shape index (κ1) is 41.2. The Morgan fingerprint density at radius 3 is 2.47 bits per heavy atom. The monoisotopic (exact) mass is 828 g/mol. The lowest BCUT2D eigenvalue weighted by Gasteiger charge is -2.25. The molecular formula is C41H50Cl2N2O8SSi. The van der Waals surface area contributed by atoms with Crippen LogP contribution in [0.25, 0.3) is 26.9 Å². The first-order valence-electron chi connectivity index (χ1n) is 18.6. The van der Waals surface area contributed by atoms with Gasteiger partial charge in [0.25, 0.3) is 0 Å². The molecule has 4 heterocycles. The molecule has 4 aromatic rings. The number of hydrogen-bond donors (Lipinski definition) is 1. The predicted molar refractivity (Wildman–Crippen MR) is 221 cm³/mol. The zero-order valence-corrected chi connectivity index (χ0v) is 36.1. The minimum absolute atomic E-state index is 0.0247. The number of aromatic nitrogens is 2. The molecule has 296 valence electrons. The van der Waals surface area contributed by atoms with E-state index in [9.17, 15) is 9.90 Å². The highest BCUT2D eigenvalue weighted by atomic mass is 35.5. The summed E-state index contributed by atoms with van der Waals surface area (Å²) in [6.45, 7) is 16.4. The summed E-state index contributed by atoms with van der Waals surface area (Å²) in [5.74, 6) is 0.847. The number of thiophene rings is 1. The Balaban J connectivity index is 1.54. The van der Waals surface area contributed by atoms with Crippen LogP contribution in [0.3, 0.4) is 0 Å². The topological polar surface area (TPSA) is 118 Å². The standard InChI is InChI=1S/C41H50Cl2N2O8SSi/c1-23-31-24(2)35(43)36(34(23)42)51-28(19-46)20-49-27-13-14-29(50-22-48-15-16-55(6,7)8)26(17-27)18-30(40(47)53-41(3,4)5)52-38-33-32(31)37(25-11-9-10-12-25)54-39(33)45-21-44-38/h11,13-14,17,21,28,30,46H,9-10,12,15-16,18-20,22H2,1-8H3/t28-,30-/m1/s1. The summed E-state index contributed by atoms with van der Waals surface area (Å²) in [5, 5.41) is 11.7. The number of aliphatic hydroxyl groups excluding tert-OH is 1. The molecule has 10 nitrogen and oxygen atoms in total. The third kappa shape index (κ3) is 9.60. The molecule has 2 aromatic heterocycles. The summed E-state index contributed by atoms with van der Waals surface area (Å²) in [5.41, 5.74) is 4.06. The van der Waals surface area contributed by atoms with E-state index in [0.29, 0.717) is 43.9 Å². The summed E-state index contributed by atoms with van der Waals surface area (Å²) >= 11 is 15.8. The van der Waals surface area contributed by atoms with Crippen LogP contribution in [0, 0.1) is 13.8 Å². The Hall–Kier alpha value is -3.39. The lowest BCUT2D eigenvalue weighted by Crippen LogP contribution is -2.37. The van der Waals surface area contributed by atoms with E-state index in [0.717, 1.165) is 52.4 Å². The molecule has 0 saturated carbocycles. The van der Waals surface area contributed by atoms with E-state index in [1.54, 1.807) is 29.5 Å². The van der Waals surface area contributed by atoms with Gasteiger partial charge in [-0.1, -0.05) is 48.9 Å². The number of benzene rings is 2. The summed E-state index contributed by atoms with van der Waals surface area (Å²) in [6, 6.07) is 6.29. The Labute approximate surface area is 338 Å². The highest BCUT2D eigenvalue weighted by Crippen LogP contribution is 2.53. The van der Waals surface area contributed by atoms with Gasteiger partial charge in [-0.05, 0) is 100 Å². The summed E-state index contributed by atoms with van der Waals surface area (Å²) in [6.07, 6.45) is 4.66. The van der Waals surface area contributed by atoms with E-state index >= 15 is 0 Å². The van der Waals surface area contributed by atoms with Crippen molar-refractivity contribution in [2.75, 3.05) is 26.6 Å². The first-order chi connectivity index (χ1) is 26.0. The Morgan fingerprint density at radius 2 is 1.82 bits per heavy atom. The van der Waals surface area contributed by atoms with Crippen molar-refractivity contribution >= 4 is 64.4 Å². The fraction of sp³-hybridized carbons (Fsp3) is 0.488. The number of fused-ring (bicyclic) bond motifs is 7. The molecular weight excluding hydrogens is 780 g/mol. The second kappa shape index (κ2) is 17.0. The average molecular weight is 830 g/mol. The van der Waals surface area contributed by atoms with E-state index in [-0.39, 0.29) is 38.1 Å². The van der Waals surface area contributed by atoms with Gasteiger partial charge in [0.2, 0.25) is 12.0 Å². The Kier molecular flexibility index (Phi) is 12.7. The van der Waals surface area contributed by atoms with Crippen LogP contribution >= 0.6 is 34.5 Å². The number of rotatable bonds is 9. The highest BCUT2D eigenvalue weighted by molar-refractivity contribution is 7.20. The van der Waals surface area contributed by atoms with Crippen LogP contribution in [0.4, 0.5) is 0 Å². The smallest absolute Gasteiger partial charge is 0.348 e. The van der Waals surface area contributed by atoms with Crippen molar-refractivity contribution in [3.63, 3.8) is 0 Å². The molecule has 4 bridgehead atoms. The number of hydrogen-bond acceptors (Lipinski definition) is 11. The van der Waals surface area contributed by atoms with Gasteiger partial charge in [0.05, 0.1) is 22.0 Å². The molecule has 0 amide bonds. The zero-order chi connectivity index (χ0) is 39.7. The van der Waals surface area contributed by atoms with E-state index < -0.39 is 31.9 Å². The van der Waals surface area contributed by atoms with E-state index in [1.165, 1.54) is 11.9 Å². The van der Waals surface area contributed by atoms with Gasteiger partial charge < -0.3 is 33.5 Å². The maximum atomic E-state index is 14.2. The number of carbonyl (C=O) groups is 1. The Bertz CT molecular complexity index is 2060. The molecule has 2 aliphatic heterocycles. The molecule has 55 heavy (non-hydrogen) atoms. The maximum absolute atomic E-state index is 14.2. The van der Waals surface area contributed by atoms with Gasteiger partial charge >= 0.3 is 5.97 Å². The van der Waals surface area contributed by atoms with Crippen LogP contribution in [0.2, 0.25) is 35.7 Å². The van der Waals surface area contributed by atoms with E-state index in [1.807, 2.05) is 34.6 Å². The van der Waals surface area contributed by atoms with Gasteiger partial charge in [-0.2, -0.15) is 0 Å². The van der Waals surface area contributed by atoms with Crippen molar-refractivity contribution in [3.8, 4) is 34.3 Å². The molecule has 0 unspecified atom stereocenters. The third-order valence-electron chi connectivity index (χ3n) is 9.42. The summed E-state index contributed by atoms with van der Waals surface area (Å²) < 4.78 is 37.2. The van der Waals surface area contributed by atoms with E-state index in [4.69, 9.17) is 56.6 Å². The number of aliphatic hydroxyl groups is 1. The van der Waals surface area contributed by atoms with Crippen molar-refractivity contribution < 1.29 is 38.3 Å². The highest BCUT2D eigenvalue weighted by Gasteiger charge is 2.34. The molecule has 0 radical (unpaired) electrons.